The van der Waals surface area contributed by atoms with Crippen LogP contribution in [0, 0.1) is 10.1 Å². The minimum absolute atomic E-state index is 0.0163. The fourth-order valence-electron chi connectivity index (χ4n) is 2.55. The largest absolute Gasteiger partial charge is 0.344 e. The molecule has 3 N–H and O–H groups in total. The van der Waals surface area contributed by atoms with Crippen LogP contribution in [0.2, 0.25) is 5.02 Å². The Bertz CT molecular complexity index is 1330. The van der Waals surface area contributed by atoms with Crippen molar-refractivity contribution < 1.29 is 4.92 Å². The Morgan fingerprint density at radius 3 is 2.46 bits per heavy atom. The molecule has 0 saturated heterocycles. The molecule has 3 rings (SSSR count). The molecule has 0 radical (unpaired) electrons. The topological polar surface area (TPSA) is 138 Å². The van der Waals surface area contributed by atoms with Crippen LogP contribution in [0.5, 0.6) is 0 Å². The van der Waals surface area contributed by atoms with E-state index in [9.17, 15) is 19.7 Å². The van der Waals surface area contributed by atoms with E-state index in [0.717, 1.165) is 0 Å². The molecule has 0 spiro atoms. The highest BCUT2D eigenvalue weighted by Gasteiger charge is 2.12. The summed E-state index contributed by atoms with van der Waals surface area (Å²) in [5.41, 5.74) is 0.399. The molecule has 0 fully saturated rings. The van der Waals surface area contributed by atoms with Crippen LogP contribution in [0.25, 0.3) is 17.7 Å². The van der Waals surface area contributed by atoms with Crippen molar-refractivity contribution in [3.05, 3.63) is 94.6 Å². The van der Waals surface area contributed by atoms with Gasteiger partial charge in [-0.2, -0.15) is 0 Å². The van der Waals surface area contributed by atoms with Gasteiger partial charge in [0.1, 0.15) is 10.7 Å². The highest BCUT2D eigenvalue weighted by Crippen LogP contribution is 2.22. The average Bonchev–Trinajstić information content (AvgIpc) is 3.07. The molecule has 3 aromatic rings. The number of nitro benzene ring substituents is 1. The van der Waals surface area contributed by atoms with E-state index in [1.165, 1.54) is 36.7 Å². The summed E-state index contributed by atoms with van der Waals surface area (Å²) in [6.07, 6.45) is 4.05. The molecule has 0 bridgehead atoms. The summed E-state index contributed by atoms with van der Waals surface area (Å²) in [6.45, 7) is 5.58. The number of allylic oxidation sites excluding steroid dienone is 1. The maximum atomic E-state index is 12.4. The van der Waals surface area contributed by atoms with Gasteiger partial charge in [0.2, 0.25) is 0 Å². The zero-order chi connectivity index (χ0) is 20.4. The fourth-order valence-corrected chi connectivity index (χ4v) is 2.73. The van der Waals surface area contributed by atoms with E-state index in [4.69, 9.17) is 11.6 Å². The first-order chi connectivity index (χ1) is 13.3. The number of halogens is 1. The van der Waals surface area contributed by atoms with E-state index in [1.807, 2.05) is 0 Å². The van der Waals surface area contributed by atoms with Crippen LogP contribution in [0.4, 0.5) is 5.69 Å². The fraction of sp³-hybridized carbons (Fsp3) is 0.0556. The van der Waals surface area contributed by atoms with Crippen molar-refractivity contribution in [3.8, 4) is 0 Å². The van der Waals surface area contributed by atoms with Crippen LogP contribution >= 0.6 is 11.6 Å². The number of H-pyrrole nitrogens is 3. The number of imidazole rings is 1. The van der Waals surface area contributed by atoms with E-state index in [-0.39, 0.29) is 27.0 Å². The van der Waals surface area contributed by atoms with Gasteiger partial charge in [-0.1, -0.05) is 18.2 Å². The van der Waals surface area contributed by atoms with Crippen molar-refractivity contribution in [1.82, 2.24) is 19.9 Å². The summed E-state index contributed by atoms with van der Waals surface area (Å²) in [5.74, 6) is 0. The quantitative estimate of drug-likeness (QED) is 0.444. The van der Waals surface area contributed by atoms with E-state index >= 15 is 0 Å². The number of hydrogen-bond donors (Lipinski definition) is 3. The van der Waals surface area contributed by atoms with Crippen LogP contribution in [-0.2, 0) is 0 Å². The Balaban J connectivity index is 2.19. The predicted molar refractivity (Wildman–Crippen MR) is 105 cm³/mol. The van der Waals surface area contributed by atoms with E-state index < -0.39 is 16.0 Å². The monoisotopic (exact) mass is 399 g/mol. The van der Waals surface area contributed by atoms with E-state index in [2.05, 4.69) is 26.5 Å². The van der Waals surface area contributed by atoms with Gasteiger partial charge in [0.15, 0.2) is 0 Å². The van der Waals surface area contributed by atoms with Gasteiger partial charge in [-0.25, -0.2) is 4.98 Å². The van der Waals surface area contributed by atoms with Crippen LogP contribution in [0.1, 0.15) is 23.9 Å². The molecular weight excluding hydrogens is 386 g/mol. The van der Waals surface area contributed by atoms with Gasteiger partial charge in [-0.05, 0) is 36.8 Å². The minimum Gasteiger partial charge on any atom is -0.344 e. The molecule has 0 atom stereocenters. The van der Waals surface area contributed by atoms with Crippen molar-refractivity contribution >= 4 is 35.0 Å². The second-order valence-electron chi connectivity index (χ2n) is 5.93. The van der Waals surface area contributed by atoms with Gasteiger partial charge in [0, 0.05) is 11.1 Å². The molecule has 0 amide bonds. The Morgan fingerprint density at radius 2 is 1.86 bits per heavy atom. The van der Waals surface area contributed by atoms with Gasteiger partial charge in [0.25, 0.3) is 16.8 Å². The number of hydrogen-bond acceptors (Lipinski definition) is 5. The third-order valence-corrected chi connectivity index (χ3v) is 4.08. The molecule has 10 heteroatoms. The van der Waals surface area contributed by atoms with E-state index in [1.54, 1.807) is 6.92 Å². The first-order valence-electron chi connectivity index (χ1n) is 7.95. The summed E-state index contributed by atoms with van der Waals surface area (Å²) < 4.78 is 0. The summed E-state index contributed by atoms with van der Waals surface area (Å²) in [5, 5.41) is 11.3. The average molecular weight is 400 g/mol. The SMILES string of the molecule is C=C(C)c1[nH]cnc1/C=c1\[nH]c(=O)/c(=C/c2cc(Cl)ccc2[N+](=O)[O-])[nH]c1=O. The van der Waals surface area contributed by atoms with E-state index in [0.29, 0.717) is 17.0 Å². The lowest BCUT2D eigenvalue weighted by atomic mass is 10.1. The van der Waals surface area contributed by atoms with Crippen LogP contribution < -0.4 is 21.8 Å². The van der Waals surface area contributed by atoms with Crippen LogP contribution in [-0.4, -0.2) is 24.9 Å². The summed E-state index contributed by atoms with van der Waals surface area (Å²) in [6, 6.07) is 3.92. The molecule has 28 heavy (non-hydrogen) atoms. The van der Waals surface area contributed by atoms with Gasteiger partial charge in [-0.15, -0.1) is 0 Å². The maximum absolute atomic E-state index is 12.4. The number of nitrogens with zero attached hydrogens (tertiary/aromatic N) is 2. The van der Waals surface area contributed by atoms with Crippen molar-refractivity contribution in [2.45, 2.75) is 6.92 Å². The maximum Gasteiger partial charge on any atom is 0.276 e. The van der Waals surface area contributed by atoms with Crippen LogP contribution in [0.15, 0.2) is 40.7 Å². The van der Waals surface area contributed by atoms with Gasteiger partial charge < -0.3 is 15.0 Å². The molecule has 9 nitrogen and oxygen atoms in total. The predicted octanol–water partition coefficient (Wildman–Crippen LogP) is 1.04. The van der Waals surface area contributed by atoms with Crippen molar-refractivity contribution in [2.75, 3.05) is 0 Å². The van der Waals surface area contributed by atoms with Crippen molar-refractivity contribution in [1.29, 1.82) is 0 Å². The normalized spacial score (nSPS) is 12.4. The molecule has 1 aromatic carbocycles. The lowest BCUT2D eigenvalue weighted by molar-refractivity contribution is -0.385. The van der Waals surface area contributed by atoms with Gasteiger partial charge in [-0.3, -0.25) is 19.7 Å². The van der Waals surface area contributed by atoms with Crippen molar-refractivity contribution in [3.63, 3.8) is 0 Å². The Kier molecular flexibility index (Phi) is 5.10. The highest BCUT2D eigenvalue weighted by molar-refractivity contribution is 6.30. The van der Waals surface area contributed by atoms with Crippen LogP contribution in [0.3, 0.4) is 0 Å². The smallest absolute Gasteiger partial charge is 0.276 e. The zero-order valence-electron chi connectivity index (χ0n) is 14.6. The number of rotatable bonds is 4. The molecule has 0 unspecified atom stereocenters. The molecule has 2 aromatic heterocycles. The van der Waals surface area contributed by atoms with Gasteiger partial charge in [0.05, 0.1) is 28.2 Å². The van der Waals surface area contributed by atoms with Crippen molar-refractivity contribution in [2.24, 2.45) is 0 Å². The first-order valence-corrected chi connectivity index (χ1v) is 8.33. The third-order valence-electron chi connectivity index (χ3n) is 3.85. The highest BCUT2D eigenvalue weighted by atomic mass is 35.5. The lowest BCUT2D eigenvalue weighted by Crippen LogP contribution is -2.46. The Hall–Kier alpha value is -3.72. The molecule has 142 valence electrons. The summed E-state index contributed by atoms with van der Waals surface area (Å²) in [7, 11) is 0. The second kappa shape index (κ2) is 7.49. The minimum atomic E-state index is -0.632. The summed E-state index contributed by atoms with van der Waals surface area (Å²) in [4.78, 5) is 47.2. The number of aromatic amines is 3. The number of aromatic nitrogens is 4. The number of nitro groups is 1. The third kappa shape index (κ3) is 3.84. The standard InChI is InChI=1S/C18H14ClN5O4/c1-9(2)16-12(20-8-21-16)7-14-18(26)22-13(17(25)23-14)6-10-5-11(19)3-4-15(10)24(27)28/h3-8H,1H2,2H3,(H,20,21)(H,22,26)(H,23,25)/b13-6-,14-7-. The molecule has 0 saturated carbocycles. The first kappa shape index (κ1) is 19.1. The lowest BCUT2D eigenvalue weighted by Gasteiger charge is -1.98. The number of benzene rings is 1. The van der Waals surface area contributed by atoms with Gasteiger partial charge >= 0.3 is 0 Å². The molecule has 0 aliphatic carbocycles. The Labute approximate surface area is 161 Å². The zero-order valence-corrected chi connectivity index (χ0v) is 15.3. The molecule has 0 aliphatic heterocycles. The second-order valence-corrected chi connectivity index (χ2v) is 6.36. The number of nitrogens with one attached hydrogen (secondary N) is 3. The molecule has 0 aliphatic rings. The molecular formula is C18H14ClN5O4. The Morgan fingerprint density at radius 1 is 1.21 bits per heavy atom. The summed E-state index contributed by atoms with van der Waals surface area (Å²) >= 11 is 5.88. The molecule has 2 heterocycles.